The Hall–Kier alpha value is -2.34. The van der Waals surface area contributed by atoms with E-state index in [1.165, 1.54) is 56.1 Å². The number of nitrogens with zero attached hydrogens (tertiary/aromatic N) is 1. The molecule has 0 saturated heterocycles. The van der Waals surface area contributed by atoms with Crippen LogP contribution in [0.3, 0.4) is 0 Å². The lowest BCUT2D eigenvalue weighted by atomic mass is 9.33. The number of amides is 2. The summed E-state index contributed by atoms with van der Waals surface area (Å²) < 4.78 is 0. The third-order valence-corrected chi connectivity index (χ3v) is 17.1. The summed E-state index contributed by atoms with van der Waals surface area (Å²) in [6.45, 7) is 22.8. The molecule has 6 aliphatic carbocycles. The average Bonchev–Trinajstić information content (AvgIpc) is 3.73. The Kier molecular flexibility index (Phi) is 8.92. The first kappa shape index (κ1) is 36.0. The Balaban J connectivity index is 1.14. The van der Waals surface area contributed by atoms with Crippen molar-refractivity contribution in [2.24, 2.45) is 51.2 Å². The molecule has 6 heteroatoms. The van der Waals surface area contributed by atoms with Crippen LogP contribution in [0.15, 0.2) is 30.3 Å². The number of aromatic carboxylic acids is 1. The van der Waals surface area contributed by atoms with E-state index in [2.05, 4.69) is 77.0 Å². The summed E-state index contributed by atoms with van der Waals surface area (Å²) in [5.41, 5.74) is 3.58. The molecule has 0 spiro atoms. The molecule has 0 aliphatic heterocycles. The Morgan fingerprint density at radius 2 is 1.50 bits per heavy atom. The molecule has 3 N–H and O–H groups in total. The maximum absolute atomic E-state index is 14.0. The van der Waals surface area contributed by atoms with Gasteiger partial charge in [-0.1, -0.05) is 80.0 Å². The minimum absolute atomic E-state index is 0.0127. The van der Waals surface area contributed by atoms with E-state index in [0.29, 0.717) is 35.2 Å². The van der Waals surface area contributed by atoms with Crippen LogP contribution in [0.1, 0.15) is 148 Å². The number of carboxylic acids is 1. The number of carboxylic acid groups (broad SMARTS) is 1. The predicted molar refractivity (Wildman–Crippen MR) is 203 cm³/mol. The Morgan fingerprint density at radius 1 is 0.800 bits per heavy atom. The molecule has 5 fully saturated rings. The van der Waals surface area contributed by atoms with Crippen molar-refractivity contribution in [1.82, 2.24) is 15.5 Å². The number of likely N-dealkylation sites (N-methyl/N-ethyl adjacent to an activating group) is 1. The molecule has 5 saturated carbocycles. The Labute approximate surface area is 303 Å². The van der Waals surface area contributed by atoms with Crippen molar-refractivity contribution in [2.75, 3.05) is 19.6 Å². The predicted octanol–water partition coefficient (Wildman–Crippen LogP) is 9.80. The lowest BCUT2D eigenvalue weighted by Gasteiger charge is -2.72. The normalized spacial score (nSPS) is 40.8. The summed E-state index contributed by atoms with van der Waals surface area (Å²) >= 11 is 0. The quantitative estimate of drug-likeness (QED) is 0.242. The zero-order valence-electron chi connectivity index (χ0n) is 32.6. The van der Waals surface area contributed by atoms with Crippen LogP contribution in [0.2, 0.25) is 0 Å². The minimum atomic E-state index is -0.865. The van der Waals surface area contributed by atoms with Gasteiger partial charge in [-0.3, -0.25) is 0 Å². The molecule has 0 aromatic heterocycles. The first-order valence-electron chi connectivity index (χ1n) is 20.5. The van der Waals surface area contributed by atoms with Crippen molar-refractivity contribution in [2.45, 2.75) is 144 Å². The molecule has 1 aromatic carbocycles. The van der Waals surface area contributed by atoms with Crippen LogP contribution >= 0.6 is 0 Å². The number of urea groups is 1. The average molecular weight is 686 g/mol. The second kappa shape index (κ2) is 12.4. The maximum Gasteiger partial charge on any atom is 0.335 e. The lowest BCUT2D eigenvalue weighted by molar-refractivity contribution is -0.219. The number of hydrogen-bond acceptors (Lipinski definition) is 3. The number of fused-ring (bicyclic) bond motifs is 7. The molecule has 9 atom stereocenters. The van der Waals surface area contributed by atoms with Gasteiger partial charge < -0.3 is 20.6 Å². The third-order valence-electron chi connectivity index (χ3n) is 17.1. The molecule has 1 aromatic rings. The van der Waals surface area contributed by atoms with Crippen molar-refractivity contribution in [3.8, 4) is 0 Å². The van der Waals surface area contributed by atoms with E-state index in [0.717, 1.165) is 51.7 Å². The van der Waals surface area contributed by atoms with Gasteiger partial charge in [0.25, 0.3) is 0 Å². The van der Waals surface area contributed by atoms with Crippen LogP contribution in [-0.2, 0) is 0 Å². The fourth-order valence-corrected chi connectivity index (χ4v) is 14.2. The standard InChI is InChI=1S/C44H67N3O3/c1-9-29-18-23-44(46-38(50)45-43(25-26-43)28-47(10-2)11-3)27-24-41(7)33(36(29)44)16-17-35-40(6)21-19-32(30-12-14-31(15-13-30)37(48)49)39(4,5)34(40)20-22-42(35,41)8/h12-15,19,29,33-36H,9-11,16-18,20-28H2,1-8H3,(H,48,49)(H2,45,46,50). The fourth-order valence-electron chi connectivity index (χ4n) is 14.2. The fraction of sp³-hybridized carbons (Fsp3) is 0.773. The van der Waals surface area contributed by atoms with Gasteiger partial charge in [0.2, 0.25) is 0 Å². The second-order valence-corrected chi connectivity index (χ2v) is 19.3. The number of benzene rings is 1. The van der Waals surface area contributed by atoms with E-state index in [9.17, 15) is 14.7 Å². The van der Waals surface area contributed by atoms with Crippen LogP contribution in [0.25, 0.3) is 5.57 Å². The summed E-state index contributed by atoms with van der Waals surface area (Å²) in [5.74, 6) is 2.27. The Morgan fingerprint density at radius 3 is 2.12 bits per heavy atom. The molecular formula is C44H67N3O3. The van der Waals surface area contributed by atoms with Crippen LogP contribution in [0.4, 0.5) is 4.79 Å². The van der Waals surface area contributed by atoms with Crippen molar-refractivity contribution in [3.63, 3.8) is 0 Å². The van der Waals surface area contributed by atoms with Gasteiger partial charge in [0.15, 0.2) is 0 Å². The number of hydrogen-bond donors (Lipinski definition) is 3. The lowest BCUT2D eigenvalue weighted by Crippen LogP contribution is -2.69. The van der Waals surface area contributed by atoms with E-state index in [1.54, 1.807) is 12.1 Å². The van der Waals surface area contributed by atoms with Gasteiger partial charge in [-0.05, 0) is 158 Å². The van der Waals surface area contributed by atoms with Crippen LogP contribution in [0.5, 0.6) is 0 Å². The van der Waals surface area contributed by atoms with E-state index in [4.69, 9.17) is 0 Å². The highest BCUT2D eigenvalue weighted by molar-refractivity contribution is 5.88. The van der Waals surface area contributed by atoms with Gasteiger partial charge in [0.1, 0.15) is 0 Å². The van der Waals surface area contributed by atoms with Crippen molar-refractivity contribution < 1.29 is 14.7 Å². The van der Waals surface area contributed by atoms with Crippen molar-refractivity contribution >= 4 is 17.6 Å². The van der Waals surface area contributed by atoms with Crippen LogP contribution in [0, 0.1) is 51.2 Å². The molecule has 0 radical (unpaired) electrons. The highest BCUT2D eigenvalue weighted by Crippen LogP contribution is 2.76. The van der Waals surface area contributed by atoms with E-state index >= 15 is 0 Å². The topological polar surface area (TPSA) is 81.7 Å². The minimum Gasteiger partial charge on any atom is -0.478 e. The number of carbonyl (C=O) groups is 2. The third kappa shape index (κ3) is 5.33. The van der Waals surface area contributed by atoms with Gasteiger partial charge in [0, 0.05) is 12.1 Å². The number of carbonyl (C=O) groups excluding carboxylic acids is 1. The summed E-state index contributed by atoms with van der Waals surface area (Å²) in [6, 6.07) is 7.70. The van der Waals surface area contributed by atoms with Crippen LogP contribution in [-0.4, -0.2) is 52.7 Å². The summed E-state index contributed by atoms with van der Waals surface area (Å²) in [7, 11) is 0. The zero-order valence-corrected chi connectivity index (χ0v) is 32.6. The van der Waals surface area contributed by atoms with Gasteiger partial charge in [0.05, 0.1) is 11.1 Å². The molecule has 9 unspecified atom stereocenters. The molecule has 276 valence electrons. The first-order chi connectivity index (χ1) is 23.6. The summed E-state index contributed by atoms with van der Waals surface area (Å²) in [5, 5.41) is 16.8. The highest BCUT2D eigenvalue weighted by Gasteiger charge is 2.70. The molecule has 6 nitrogen and oxygen atoms in total. The van der Waals surface area contributed by atoms with Gasteiger partial charge in [-0.25, -0.2) is 9.59 Å². The van der Waals surface area contributed by atoms with Gasteiger partial charge >= 0.3 is 12.0 Å². The number of nitrogens with one attached hydrogen (secondary N) is 2. The van der Waals surface area contributed by atoms with Crippen molar-refractivity contribution in [1.29, 1.82) is 0 Å². The van der Waals surface area contributed by atoms with Crippen LogP contribution < -0.4 is 10.6 Å². The molecule has 2 amide bonds. The number of rotatable bonds is 9. The van der Waals surface area contributed by atoms with E-state index < -0.39 is 5.97 Å². The van der Waals surface area contributed by atoms with E-state index in [1.807, 2.05) is 12.1 Å². The molecule has 0 heterocycles. The van der Waals surface area contributed by atoms with Gasteiger partial charge in [-0.15, -0.1) is 0 Å². The van der Waals surface area contributed by atoms with Gasteiger partial charge in [-0.2, -0.15) is 0 Å². The highest BCUT2D eigenvalue weighted by atomic mass is 16.4. The maximum atomic E-state index is 14.0. The molecule has 7 rings (SSSR count). The monoisotopic (exact) mass is 686 g/mol. The summed E-state index contributed by atoms with van der Waals surface area (Å²) in [4.78, 5) is 28.0. The van der Waals surface area contributed by atoms with E-state index in [-0.39, 0.29) is 38.8 Å². The Bertz CT molecular complexity index is 1510. The smallest absolute Gasteiger partial charge is 0.335 e. The SMILES string of the molecule is CCC1CCC2(NC(=O)NC3(CN(CC)CC)CC3)CCC3(C)C(CCC4C5(C)CC=C(c6ccc(C(=O)O)cc6)C(C)(C)C5CCC43C)C12. The molecule has 0 bridgehead atoms. The molecule has 50 heavy (non-hydrogen) atoms. The summed E-state index contributed by atoms with van der Waals surface area (Å²) in [6.07, 6.45) is 16.8. The molecular weight excluding hydrogens is 619 g/mol. The molecule has 6 aliphatic rings. The number of allylic oxidation sites excluding steroid dienone is 2. The largest absolute Gasteiger partial charge is 0.478 e. The second-order valence-electron chi connectivity index (χ2n) is 19.3. The first-order valence-corrected chi connectivity index (χ1v) is 20.5. The zero-order chi connectivity index (χ0) is 35.9. The van der Waals surface area contributed by atoms with Crippen molar-refractivity contribution in [3.05, 3.63) is 41.5 Å².